The SMILES string of the molecule is COC(=O)c1ccccc1NC(=O)c1cc(S(=O)(=O)N2C[C@H](C)C[C@@H](C)C2)c(C)o1. The van der Waals surface area contributed by atoms with Gasteiger partial charge in [0.1, 0.15) is 10.7 Å². The second-order valence-electron chi connectivity index (χ2n) is 7.79. The van der Waals surface area contributed by atoms with Crippen molar-refractivity contribution in [1.29, 1.82) is 0 Å². The van der Waals surface area contributed by atoms with Crippen molar-refractivity contribution >= 4 is 27.6 Å². The van der Waals surface area contributed by atoms with Crippen molar-refractivity contribution in [2.45, 2.75) is 32.1 Å². The highest BCUT2D eigenvalue weighted by atomic mass is 32.2. The molecule has 2 heterocycles. The zero-order chi connectivity index (χ0) is 22.1. The molecule has 0 radical (unpaired) electrons. The van der Waals surface area contributed by atoms with Gasteiger partial charge in [0.05, 0.1) is 18.4 Å². The second kappa shape index (κ2) is 8.61. The number of carbonyl (C=O) groups excluding carboxylic acids is 2. The number of para-hydroxylation sites is 1. The van der Waals surface area contributed by atoms with Gasteiger partial charge in [-0.25, -0.2) is 13.2 Å². The largest absolute Gasteiger partial charge is 0.465 e. The molecule has 1 aliphatic heterocycles. The first-order valence-corrected chi connectivity index (χ1v) is 11.2. The van der Waals surface area contributed by atoms with Crippen LogP contribution in [0, 0.1) is 18.8 Å². The Bertz CT molecular complexity index is 1050. The van der Waals surface area contributed by atoms with Crippen LogP contribution in [0.2, 0.25) is 0 Å². The average molecular weight is 435 g/mol. The first kappa shape index (κ1) is 22.0. The summed E-state index contributed by atoms with van der Waals surface area (Å²) in [5.74, 6) is -0.743. The van der Waals surface area contributed by atoms with E-state index in [1.54, 1.807) is 18.2 Å². The van der Waals surface area contributed by atoms with Crippen molar-refractivity contribution in [3.8, 4) is 0 Å². The zero-order valence-electron chi connectivity index (χ0n) is 17.5. The van der Waals surface area contributed by atoms with Crippen LogP contribution in [-0.4, -0.2) is 44.8 Å². The number of furan rings is 1. The van der Waals surface area contributed by atoms with Crippen molar-refractivity contribution in [2.75, 3.05) is 25.5 Å². The number of anilines is 1. The van der Waals surface area contributed by atoms with Gasteiger partial charge in [-0.1, -0.05) is 26.0 Å². The number of aryl methyl sites for hydroxylation is 1. The lowest BCUT2D eigenvalue weighted by Gasteiger charge is -2.33. The van der Waals surface area contributed by atoms with Gasteiger partial charge >= 0.3 is 5.97 Å². The fourth-order valence-electron chi connectivity index (χ4n) is 3.84. The fraction of sp³-hybridized carbons (Fsp3) is 0.429. The van der Waals surface area contributed by atoms with Gasteiger partial charge in [-0.15, -0.1) is 0 Å². The summed E-state index contributed by atoms with van der Waals surface area (Å²) >= 11 is 0. The van der Waals surface area contributed by atoms with Crippen LogP contribution in [0.3, 0.4) is 0 Å². The molecule has 1 aromatic carbocycles. The third-order valence-electron chi connectivity index (χ3n) is 5.13. The molecule has 0 spiro atoms. The van der Waals surface area contributed by atoms with Gasteiger partial charge in [0.2, 0.25) is 10.0 Å². The number of nitrogens with one attached hydrogen (secondary N) is 1. The van der Waals surface area contributed by atoms with E-state index in [9.17, 15) is 18.0 Å². The van der Waals surface area contributed by atoms with E-state index in [-0.39, 0.29) is 39.5 Å². The molecule has 9 heteroatoms. The first-order chi connectivity index (χ1) is 14.1. The highest BCUT2D eigenvalue weighted by molar-refractivity contribution is 7.89. The number of sulfonamides is 1. The third-order valence-corrected chi connectivity index (χ3v) is 7.07. The van der Waals surface area contributed by atoms with E-state index in [4.69, 9.17) is 9.15 Å². The summed E-state index contributed by atoms with van der Waals surface area (Å²) in [6.45, 7) is 6.44. The topological polar surface area (TPSA) is 106 Å². The summed E-state index contributed by atoms with van der Waals surface area (Å²) in [4.78, 5) is 24.6. The number of rotatable bonds is 5. The maximum absolute atomic E-state index is 13.1. The number of amides is 1. The number of esters is 1. The Morgan fingerprint density at radius 1 is 1.17 bits per heavy atom. The van der Waals surface area contributed by atoms with Crippen LogP contribution in [0.15, 0.2) is 39.6 Å². The quantitative estimate of drug-likeness (QED) is 0.724. The van der Waals surface area contributed by atoms with Gasteiger partial charge in [-0.3, -0.25) is 4.79 Å². The Kier molecular flexibility index (Phi) is 6.33. The van der Waals surface area contributed by atoms with Crippen LogP contribution in [0.25, 0.3) is 0 Å². The molecule has 1 aliphatic rings. The number of benzene rings is 1. The molecule has 2 aromatic rings. The number of nitrogens with zero attached hydrogens (tertiary/aromatic N) is 1. The lowest BCUT2D eigenvalue weighted by Crippen LogP contribution is -2.42. The Balaban J connectivity index is 1.86. The van der Waals surface area contributed by atoms with Crippen molar-refractivity contribution in [3.63, 3.8) is 0 Å². The molecule has 1 fully saturated rings. The molecule has 1 N–H and O–H groups in total. The summed E-state index contributed by atoms with van der Waals surface area (Å²) in [6, 6.07) is 7.61. The molecule has 1 saturated heterocycles. The van der Waals surface area contributed by atoms with E-state index in [1.807, 2.05) is 13.8 Å². The predicted molar refractivity (Wildman–Crippen MR) is 111 cm³/mol. The highest BCUT2D eigenvalue weighted by Crippen LogP contribution is 2.30. The van der Waals surface area contributed by atoms with Crippen molar-refractivity contribution in [1.82, 2.24) is 4.31 Å². The smallest absolute Gasteiger partial charge is 0.339 e. The van der Waals surface area contributed by atoms with Crippen LogP contribution in [0.1, 0.15) is 46.9 Å². The molecule has 162 valence electrons. The van der Waals surface area contributed by atoms with E-state index >= 15 is 0 Å². The summed E-state index contributed by atoms with van der Waals surface area (Å²) in [5.41, 5.74) is 0.423. The molecule has 0 saturated carbocycles. The molecule has 30 heavy (non-hydrogen) atoms. The number of methoxy groups -OCH3 is 1. The normalized spacial score (nSPS) is 20.0. The average Bonchev–Trinajstić information content (AvgIpc) is 3.09. The number of piperidine rings is 1. The van der Waals surface area contributed by atoms with Crippen molar-refractivity contribution in [2.24, 2.45) is 11.8 Å². The standard InChI is InChI=1S/C21H26N2O6S/c1-13-9-14(2)12-23(11-13)30(26,27)19-10-18(29-15(19)3)20(24)22-17-8-6-5-7-16(17)21(25)28-4/h5-8,10,13-14H,9,11-12H2,1-4H3,(H,22,24)/t13-,14-/m1/s1. The van der Waals surface area contributed by atoms with E-state index in [0.29, 0.717) is 13.1 Å². The van der Waals surface area contributed by atoms with Gasteiger partial charge in [-0.05, 0) is 37.3 Å². The minimum absolute atomic E-state index is 0.0183. The van der Waals surface area contributed by atoms with Gasteiger partial charge < -0.3 is 14.5 Å². The maximum atomic E-state index is 13.1. The second-order valence-corrected chi connectivity index (χ2v) is 9.70. The highest BCUT2D eigenvalue weighted by Gasteiger charge is 2.34. The maximum Gasteiger partial charge on any atom is 0.339 e. The van der Waals surface area contributed by atoms with Gasteiger partial charge in [0.15, 0.2) is 5.76 Å². The Labute approximate surface area is 176 Å². The molecule has 8 nitrogen and oxygen atoms in total. The van der Waals surface area contributed by atoms with Crippen molar-refractivity contribution in [3.05, 3.63) is 47.4 Å². The summed E-state index contributed by atoms with van der Waals surface area (Å²) in [5, 5.41) is 2.59. The van der Waals surface area contributed by atoms with Gasteiger partial charge in [0, 0.05) is 19.2 Å². The Hall–Kier alpha value is -2.65. The predicted octanol–water partition coefficient (Wildman–Crippen LogP) is 3.29. The molecule has 1 amide bonds. The number of hydrogen-bond acceptors (Lipinski definition) is 6. The molecule has 0 unspecified atom stereocenters. The summed E-state index contributed by atoms with van der Waals surface area (Å²) in [7, 11) is -2.54. The van der Waals surface area contributed by atoms with Gasteiger partial charge in [0.25, 0.3) is 5.91 Å². The van der Waals surface area contributed by atoms with Crippen LogP contribution in [-0.2, 0) is 14.8 Å². The molecule has 1 aromatic heterocycles. The van der Waals surface area contributed by atoms with E-state index in [2.05, 4.69) is 5.32 Å². The first-order valence-electron chi connectivity index (χ1n) is 9.72. The van der Waals surface area contributed by atoms with Gasteiger partial charge in [-0.2, -0.15) is 4.31 Å². The summed E-state index contributed by atoms with van der Waals surface area (Å²) < 4.78 is 37.9. The minimum atomic E-state index is -3.78. The minimum Gasteiger partial charge on any atom is -0.465 e. The fourth-order valence-corrected chi connectivity index (χ4v) is 5.68. The van der Waals surface area contributed by atoms with Crippen LogP contribution in [0.4, 0.5) is 5.69 Å². The molecule has 3 rings (SSSR count). The zero-order valence-corrected chi connectivity index (χ0v) is 18.3. The number of ether oxygens (including phenoxy) is 1. The van der Waals surface area contributed by atoms with Crippen LogP contribution < -0.4 is 5.32 Å². The van der Waals surface area contributed by atoms with E-state index in [1.165, 1.54) is 30.5 Å². The Morgan fingerprint density at radius 2 is 1.80 bits per heavy atom. The molecule has 2 atom stereocenters. The Morgan fingerprint density at radius 3 is 2.43 bits per heavy atom. The molecular formula is C21H26N2O6S. The van der Waals surface area contributed by atoms with Crippen molar-refractivity contribution < 1.29 is 27.2 Å². The van der Waals surface area contributed by atoms with Crippen LogP contribution in [0.5, 0.6) is 0 Å². The molecular weight excluding hydrogens is 408 g/mol. The van der Waals surface area contributed by atoms with Crippen LogP contribution >= 0.6 is 0 Å². The lowest BCUT2D eigenvalue weighted by molar-refractivity contribution is 0.0602. The molecule has 0 bridgehead atoms. The summed E-state index contributed by atoms with van der Waals surface area (Å²) in [6.07, 6.45) is 0.976. The molecule has 0 aliphatic carbocycles. The number of carbonyl (C=O) groups is 2. The number of hydrogen-bond donors (Lipinski definition) is 1. The monoisotopic (exact) mass is 434 g/mol. The van der Waals surface area contributed by atoms with E-state index in [0.717, 1.165) is 6.42 Å². The lowest BCUT2D eigenvalue weighted by atomic mass is 9.94. The van der Waals surface area contributed by atoms with E-state index < -0.39 is 21.9 Å². The third kappa shape index (κ3) is 4.41.